The number of carbonyl (C=O) groups is 1. The van der Waals surface area contributed by atoms with Crippen LogP contribution in [0.15, 0.2) is 59.0 Å². The third-order valence-corrected chi connectivity index (χ3v) is 3.64. The first kappa shape index (κ1) is 12.0. The van der Waals surface area contributed by atoms with Gasteiger partial charge in [-0.05, 0) is 27.6 Å². The van der Waals surface area contributed by atoms with Crippen LogP contribution < -0.4 is 4.74 Å². The normalized spacial score (nSPS) is 11.3. The second-order valence-corrected chi connectivity index (χ2v) is 5.02. The van der Waals surface area contributed by atoms with Crippen LogP contribution in [0.4, 0.5) is 0 Å². The quantitative estimate of drug-likeness (QED) is 0.375. The summed E-state index contributed by atoms with van der Waals surface area (Å²) in [5, 5.41) is 5.61. The monoisotopic (exact) mass is 276 g/mol. The molecule has 0 N–H and O–H groups in total. The Kier molecular flexibility index (Phi) is 2.48. The number of hydrogen-bond donors (Lipinski definition) is 0. The van der Waals surface area contributed by atoms with E-state index in [1.54, 1.807) is 6.07 Å². The largest absolute Gasteiger partial charge is 0.425 e. The van der Waals surface area contributed by atoms with E-state index >= 15 is 0 Å². The molecule has 3 heteroatoms. The summed E-state index contributed by atoms with van der Waals surface area (Å²) in [4.78, 5) is 11.0. The van der Waals surface area contributed by atoms with E-state index in [1.165, 1.54) is 17.7 Å². The zero-order chi connectivity index (χ0) is 14.4. The molecule has 1 aromatic heterocycles. The lowest BCUT2D eigenvalue weighted by Crippen LogP contribution is -1.99. The van der Waals surface area contributed by atoms with E-state index in [0.29, 0.717) is 5.58 Å². The van der Waals surface area contributed by atoms with Gasteiger partial charge in [-0.15, -0.1) is 0 Å². The van der Waals surface area contributed by atoms with Gasteiger partial charge in [-0.1, -0.05) is 42.5 Å². The van der Waals surface area contributed by atoms with Gasteiger partial charge in [0.25, 0.3) is 5.95 Å². The molecule has 4 rings (SSSR count). The minimum Gasteiger partial charge on any atom is -0.425 e. The Morgan fingerprint density at radius 1 is 0.905 bits per heavy atom. The predicted octanol–water partition coefficient (Wildman–Crippen LogP) is 4.66. The van der Waals surface area contributed by atoms with Crippen molar-refractivity contribution >= 4 is 38.5 Å². The van der Waals surface area contributed by atoms with Gasteiger partial charge in [0.1, 0.15) is 5.58 Å². The number of benzene rings is 3. The van der Waals surface area contributed by atoms with E-state index in [-0.39, 0.29) is 11.9 Å². The van der Waals surface area contributed by atoms with Crippen LogP contribution in [0.25, 0.3) is 32.5 Å². The number of hydrogen-bond acceptors (Lipinski definition) is 3. The van der Waals surface area contributed by atoms with E-state index in [9.17, 15) is 4.79 Å². The van der Waals surface area contributed by atoms with Crippen molar-refractivity contribution in [1.82, 2.24) is 0 Å². The summed E-state index contributed by atoms with van der Waals surface area (Å²) in [6.45, 7) is 1.36. The first-order chi connectivity index (χ1) is 10.2. The molecule has 0 aliphatic heterocycles. The molecule has 0 bridgehead atoms. The molecule has 0 aliphatic rings. The van der Waals surface area contributed by atoms with Gasteiger partial charge in [0.2, 0.25) is 0 Å². The molecule has 0 fully saturated rings. The highest BCUT2D eigenvalue weighted by Crippen LogP contribution is 2.34. The number of fused-ring (bicyclic) bond motifs is 5. The minimum atomic E-state index is -0.385. The third kappa shape index (κ3) is 1.86. The number of esters is 1. The molecule has 0 unspecified atom stereocenters. The fraction of sp³-hybridized carbons (Fsp3) is 0.0556. The smallest absolute Gasteiger partial charge is 0.310 e. The number of ether oxygens (including phenoxy) is 1. The van der Waals surface area contributed by atoms with Gasteiger partial charge >= 0.3 is 5.97 Å². The van der Waals surface area contributed by atoms with Crippen molar-refractivity contribution in [1.29, 1.82) is 0 Å². The maximum Gasteiger partial charge on any atom is 0.310 e. The molecule has 1 heterocycles. The molecule has 0 saturated heterocycles. The van der Waals surface area contributed by atoms with Gasteiger partial charge in [-0.25, -0.2) is 0 Å². The molecule has 0 atom stereocenters. The highest BCUT2D eigenvalue weighted by molar-refractivity contribution is 6.16. The van der Waals surface area contributed by atoms with Crippen molar-refractivity contribution in [3.05, 3.63) is 54.6 Å². The van der Waals surface area contributed by atoms with Crippen LogP contribution in [0.5, 0.6) is 5.95 Å². The first-order valence-corrected chi connectivity index (χ1v) is 6.75. The molecule has 102 valence electrons. The Labute approximate surface area is 120 Å². The summed E-state index contributed by atoms with van der Waals surface area (Å²) in [5.41, 5.74) is 0.717. The van der Waals surface area contributed by atoms with Crippen LogP contribution in [0.2, 0.25) is 0 Å². The Bertz CT molecular complexity index is 995. The molecular formula is C18H12O3. The molecular weight excluding hydrogens is 264 g/mol. The van der Waals surface area contributed by atoms with Gasteiger partial charge < -0.3 is 9.15 Å². The SMILES string of the molecule is CC(=O)Oc1cc2c(ccc3c4ccccc4ccc23)o1. The lowest BCUT2D eigenvalue weighted by molar-refractivity contribution is -0.132. The van der Waals surface area contributed by atoms with Crippen LogP contribution in [-0.2, 0) is 4.79 Å². The maximum atomic E-state index is 11.0. The van der Waals surface area contributed by atoms with Crippen LogP contribution >= 0.6 is 0 Å². The van der Waals surface area contributed by atoms with Crippen molar-refractivity contribution in [2.75, 3.05) is 0 Å². The standard InChI is InChI=1S/C18H12O3/c1-11(19)20-18-10-16-15-7-6-12-4-2-3-5-13(12)14(15)8-9-17(16)21-18/h2-10H,1H3. The Morgan fingerprint density at radius 3 is 2.52 bits per heavy atom. The average Bonchev–Trinajstić information content (AvgIpc) is 2.88. The lowest BCUT2D eigenvalue weighted by Gasteiger charge is -2.04. The molecule has 0 saturated carbocycles. The molecule has 21 heavy (non-hydrogen) atoms. The van der Waals surface area contributed by atoms with Gasteiger partial charge in [0, 0.05) is 18.4 Å². The molecule has 3 nitrogen and oxygen atoms in total. The van der Waals surface area contributed by atoms with Crippen LogP contribution in [0, 0.1) is 0 Å². The zero-order valence-electron chi connectivity index (χ0n) is 11.4. The average molecular weight is 276 g/mol. The highest BCUT2D eigenvalue weighted by atomic mass is 16.6. The molecule has 0 amide bonds. The number of carbonyl (C=O) groups excluding carboxylic acids is 1. The summed E-state index contributed by atoms with van der Waals surface area (Å²) in [7, 11) is 0. The highest BCUT2D eigenvalue weighted by Gasteiger charge is 2.11. The van der Waals surface area contributed by atoms with Crippen LogP contribution in [0.1, 0.15) is 6.92 Å². The van der Waals surface area contributed by atoms with E-state index < -0.39 is 0 Å². The van der Waals surface area contributed by atoms with E-state index in [2.05, 4.69) is 24.3 Å². The Morgan fingerprint density at radius 2 is 1.67 bits per heavy atom. The molecule has 3 aromatic carbocycles. The summed E-state index contributed by atoms with van der Waals surface area (Å²) >= 11 is 0. The van der Waals surface area contributed by atoms with Gasteiger partial charge in [0.05, 0.1) is 0 Å². The second-order valence-electron chi connectivity index (χ2n) is 5.02. The fourth-order valence-corrected chi connectivity index (χ4v) is 2.78. The number of furan rings is 1. The van der Waals surface area contributed by atoms with Gasteiger partial charge in [-0.2, -0.15) is 0 Å². The third-order valence-electron chi connectivity index (χ3n) is 3.64. The van der Waals surface area contributed by atoms with Crippen molar-refractivity contribution in [2.24, 2.45) is 0 Å². The van der Waals surface area contributed by atoms with E-state index in [0.717, 1.165) is 16.2 Å². The Balaban J connectivity index is 2.06. The fourth-order valence-electron chi connectivity index (χ4n) is 2.78. The van der Waals surface area contributed by atoms with Crippen LogP contribution in [0.3, 0.4) is 0 Å². The van der Waals surface area contributed by atoms with Crippen LogP contribution in [-0.4, -0.2) is 5.97 Å². The molecule has 0 spiro atoms. The van der Waals surface area contributed by atoms with Crippen molar-refractivity contribution in [3.8, 4) is 5.95 Å². The maximum absolute atomic E-state index is 11.0. The van der Waals surface area contributed by atoms with E-state index in [4.69, 9.17) is 9.15 Å². The lowest BCUT2D eigenvalue weighted by atomic mass is 10.00. The van der Waals surface area contributed by atoms with Crippen molar-refractivity contribution < 1.29 is 13.9 Å². The summed E-state index contributed by atoms with van der Waals surface area (Å²) < 4.78 is 10.6. The van der Waals surface area contributed by atoms with Gasteiger partial charge in [-0.3, -0.25) is 4.79 Å². The van der Waals surface area contributed by atoms with E-state index in [1.807, 2.05) is 24.3 Å². The zero-order valence-corrected chi connectivity index (χ0v) is 11.4. The van der Waals surface area contributed by atoms with Crippen molar-refractivity contribution in [2.45, 2.75) is 6.92 Å². The summed E-state index contributed by atoms with van der Waals surface area (Å²) in [6, 6.07) is 18.2. The summed E-state index contributed by atoms with van der Waals surface area (Å²) in [5.74, 6) is -0.151. The van der Waals surface area contributed by atoms with Gasteiger partial charge in [0.15, 0.2) is 0 Å². The summed E-state index contributed by atoms with van der Waals surface area (Å²) in [6.07, 6.45) is 0. The number of rotatable bonds is 1. The molecule has 4 aromatic rings. The molecule has 0 aliphatic carbocycles. The first-order valence-electron chi connectivity index (χ1n) is 6.75. The topological polar surface area (TPSA) is 39.4 Å². The van der Waals surface area contributed by atoms with Crippen molar-refractivity contribution in [3.63, 3.8) is 0 Å². The second kappa shape index (κ2) is 4.35. The predicted molar refractivity (Wildman–Crippen MR) is 82.5 cm³/mol. The minimum absolute atomic E-state index is 0.234. The Hall–Kier alpha value is -2.81. The molecule has 0 radical (unpaired) electrons.